The Kier molecular flexibility index (Phi) is 8.24. The van der Waals surface area contributed by atoms with Crippen molar-refractivity contribution in [1.29, 1.82) is 0 Å². The van der Waals surface area contributed by atoms with Crippen molar-refractivity contribution in [3.8, 4) is 17.2 Å². The van der Waals surface area contributed by atoms with Crippen molar-refractivity contribution < 1.29 is 37.9 Å². The van der Waals surface area contributed by atoms with Crippen molar-refractivity contribution in [3.63, 3.8) is 0 Å². The number of quaternary nitrogens is 2. The minimum Gasteiger partial charge on any atom is -0.497 e. The normalized spacial score (nSPS) is 15.8. The number of alkyl halides is 2. The van der Waals surface area contributed by atoms with Crippen LogP contribution in [0.25, 0.3) is 0 Å². The highest BCUT2D eigenvalue weighted by atomic mass is 19.3. The highest BCUT2D eigenvalue weighted by molar-refractivity contribution is 5.42. The van der Waals surface area contributed by atoms with Gasteiger partial charge in [-0.1, -0.05) is 0 Å². The SMILES string of the molecule is COc1ccc([C@H](C[NH2+]Cc2ccc(OC)c(OC(F)F)c2)[NH+]2CCOCC2)cc1. The third-order valence-corrected chi connectivity index (χ3v) is 5.37. The van der Waals surface area contributed by atoms with Gasteiger partial charge in [-0.25, -0.2) is 0 Å². The number of nitrogens with two attached hydrogens (primary N) is 1. The molecule has 2 aromatic carbocycles. The number of rotatable bonds is 10. The average Bonchev–Trinajstić information content (AvgIpc) is 2.77. The highest BCUT2D eigenvalue weighted by Gasteiger charge is 2.28. The minimum absolute atomic E-state index is 0.0592. The minimum atomic E-state index is -2.89. The van der Waals surface area contributed by atoms with E-state index in [4.69, 9.17) is 14.2 Å². The van der Waals surface area contributed by atoms with Crippen molar-refractivity contribution in [3.05, 3.63) is 53.6 Å². The summed E-state index contributed by atoms with van der Waals surface area (Å²) < 4.78 is 45.8. The summed E-state index contributed by atoms with van der Waals surface area (Å²) in [5.41, 5.74) is 2.15. The van der Waals surface area contributed by atoms with Gasteiger partial charge in [0.1, 0.15) is 31.9 Å². The van der Waals surface area contributed by atoms with Crippen LogP contribution in [0.4, 0.5) is 8.78 Å². The molecule has 30 heavy (non-hydrogen) atoms. The van der Waals surface area contributed by atoms with E-state index in [2.05, 4.69) is 22.2 Å². The zero-order valence-corrected chi connectivity index (χ0v) is 17.4. The van der Waals surface area contributed by atoms with Gasteiger partial charge >= 0.3 is 6.61 Å². The molecule has 3 rings (SSSR count). The van der Waals surface area contributed by atoms with Crippen LogP contribution in [0.2, 0.25) is 0 Å². The lowest BCUT2D eigenvalue weighted by molar-refractivity contribution is -0.952. The molecule has 6 nitrogen and oxygen atoms in total. The van der Waals surface area contributed by atoms with Gasteiger partial charge in [-0.2, -0.15) is 8.78 Å². The van der Waals surface area contributed by atoms with E-state index in [1.807, 2.05) is 18.2 Å². The molecule has 1 aliphatic rings. The van der Waals surface area contributed by atoms with Crippen LogP contribution in [0.15, 0.2) is 42.5 Å². The molecule has 1 atom stereocenters. The summed E-state index contributed by atoms with van der Waals surface area (Å²) >= 11 is 0. The van der Waals surface area contributed by atoms with Gasteiger partial charge in [-0.3, -0.25) is 0 Å². The van der Waals surface area contributed by atoms with Crippen LogP contribution in [0, 0.1) is 0 Å². The molecule has 0 amide bonds. The molecule has 0 aliphatic carbocycles. The summed E-state index contributed by atoms with van der Waals surface area (Å²) in [7, 11) is 3.10. The lowest BCUT2D eigenvalue weighted by Crippen LogP contribution is -3.16. The summed E-state index contributed by atoms with van der Waals surface area (Å²) in [6.45, 7) is 2.06. The Labute approximate surface area is 175 Å². The number of benzene rings is 2. The molecule has 164 valence electrons. The van der Waals surface area contributed by atoms with Gasteiger partial charge in [-0.05, 0) is 42.5 Å². The number of morpholine rings is 1. The van der Waals surface area contributed by atoms with Crippen molar-refractivity contribution in [1.82, 2.24) is 0 Å². The topological polar surface area (TPSA) is 58.0 Å². The van der Waals surface area contributed by atoms with Gasteiger partial charge in [0, 0.05) is 11.1 Å². The molecule has 1 fully saturated rings. The highest BCUT2D eigenvalue weighted by Crippen LogP contribution is 2.29. The number of nitrogens with one attached hydrogen (secondary N) is 1. The van der Waals surface area contributed by atoms with E-state index in [1.54, 1.807) is 19.2 Å². The van der Waals surface area contributed by atoms with Crippen molar-refractivity contribution >= 4 is 0 Å². The van der Waals surface area contributed by atoms with E-state index in [1.165, 1.54) is 17.6 Å². The number of halogens is 2. The molecule has 0 aromatic heterocycles. The molecule has 1 heterocycles. The first kappa shape index (κ1) is 22.3. The van der Waals surface area contributed by atoms with Crippen LogP contribution in [0.3, 0.4) is 0 Å². The van der Waals surface area contributed by atoms with Gasteiger partial charge in [0.15, 0.2) is 17.5 Å². The molecule has 0 saturated carbocycles. The van der Waals surface area contributed by atoms with E-state index in [0.29, 0.717) is 18.3 Å². The number of hydrogen-bond acceptors (Lipinski definition) is 4. The Morgan fingerprint density at radius 2 is 1.73 bits per heavy atom. The fourth-order valence-electron chi connectivity index (χ4n) is 3.81. The van der Waals surface area contributed by atoms with Crippen LogP contribution in [0.5, 0.6) is 17.2 Å². The first-order valence-electron chi connectivity index (χ1n) is 10.1. The summed E-state index contributed by atoms with van der Waals surface area (Å²) in [5, 5.41) is 2.20. The second-order valence-electron chi connectivity index (χ2n) is 7.19. The summed E-state index contributed by atoms with van der Waals surface area (Å²) in [4.78, 5) is 1.49. The summed E-state index contributed by atoms with van der Waals surface area (Å²) in [5.74, 6) is 1.19. The standard InChI is InChI=1S/C22H28F2N2O4/c1-27-18-6-4-17(5-7-18)19(26-9-11-29-12-10-26)15-25-14-16-3-8-20(28-2)21(13-16)30-22(23)24/h3-8,13,19,22,25H,9-12,14-15H2,1-2H3/p+2/t19-/m0/s1. The molecule has 0 bridgehead atoms. The molecular formula is C22H30F2N2O4+2. The molecule has 3 N–H and O–H groups in total. The maximum atomic E-state index is 12.7. The van der Waals surface area contributed by atoms with Gasteiger partial charge in [0.05, 0.1) is 27.4 Å². The van der Waals surface area contributed by atoms with Crippen LogP contribution >= 0.6 is 0 Å². The molecule has 2 aromatic rings. The number of hydrogen-bond donors (Lipinski definition) is 2. The summed E-state index contributed by atoms with van der Waals surface area (Å²) in [6.07, 6.45) is 0. The van der Waals surface area contributed by atoms with Gasteiger partial charge in [-0.15, -0.1) is 0 Å². The zero-order valence-electron chi connectivity index (χ0n) is 17.4. The molecular weight excluding hydrogens is 394 g/mol. The van der Waals surface area contributed by atoms with E-state index in [-0.39, 0.29) is 5.75 Å². The maximum absolute atomic E-state index is 12.7. The van der Waals surface area contributed by atoms with Crippen molar-refractivity contribution in [2.75, 3.05) is 47.1 Å². The van der Waals surface area contributed by atoms with Crippen LogP contribution in [0.1, 0.15) is 17.2 Å². The second-order valence-corrected chi connectivity index (χ2v) is 7.19. The van der Waals surface area contributed by atoms with Gasteiger partial charge in [0.25, 0.3) is 0 Å². The average molecular weight is 424 g/mol. The Bertz CT molecular complexity index is 783. The first-order chi connectivity index (χ1) is 14.6. The lowest BCUT2D eigenvalue weighted by Gasteiger charge is -2.31. The van der Waals surface area contributed by atoms with Gasteiger partial charge in [0.2, 0.25) is 0 Å². The third kappa shape index (κ3) is 6.04. The Balaban J connectivity index is 1.67. The van der Waals surface area contributed by atoms with E-state index in [9.17, 15) is 8.78 Å². The smallest absolute Gasteiger partial charge is 0.387 e. The van der Waals surface area contributed by atoms with Crippen LogP contribution < -0.4 is 24.4 Å². The fraction of sp³-hybridized carbons (Fsp3) is 0.455. The Morgan fingerprint density at radius 1 is 1.00 bits per heavy atom. The predicted octanol–water partition coefficient (Wildman–Crippen LogP) is 1.03. The van der Waals surface area contributed by atoms with E-state index in [0.717, 1.165) is 44.2 Å². The molecule has 8 heteroatoms. The van der Waals surface area contributed by atoms with Crippen LogP contribution in [-0.2, 0) is 11.3 Å². The Morgan fingerprint density at radius 3 is 2.37 bits per heavy atom. The zero-order chi connectivity index (χ0) is 21.3. The van der Waals surface area contributed by atoms with E-state index >= 15 is 0 Å². The van der Waals surface area contributed by atoms with Crippen LogP contribution in [-0.4, -0.2) is 53.7 Å². The maximum Gasteiger partial charge on any atom is 0.387 e. The van der Waals surface area contributed by atoms with Gasteiger partial charge < -0.3 is 29.2 Å². The largest absolute Gasteiger partial charge is 0.497 e. The molecule has 1 saturated heterocycles. The molecule has 1 aliphatic heterocycles. The summed E-state index contributed by atoms with van der Waals surface area (Å²) in [6, 6.07) is 13.6. The number of ether oxygens (including phenoxy) is 4. The first-order valence-corrected chi connectivity index (χ1v) is 10.1. The Hall–Kier alpha value is -2.42. The van der Waals surface area contributed by atoms with E-state index < -0.39 is 6.61 Å². The number of methoxy groups -OCH3 is 2. The molecule has 0 spiro atoms. The molecule has 0 unspecified atom stereocenters. The monoisotopic (exact) mass is 424 g/mol. The fourth-order valence-corrected chi connectivity index (χ4v) is 3.81. The quantitative estimate of drug-likeness (QED) is 0.598. The lowest BCUT2D eigenvalue weighted by atomic mass is 10.0. The predicted molar refractivity (Wildman–Crippen MR) is 107 cm³/mol. The second kappa shape index (κ2) is 11.1. The van der Waals surface area contributed by atoms with Crippen molar-refractivity contribution in [2.45, 2.75) is 19.2 Å². The third-order valence-electron chi connectivity index (χ3n) is 5.37. The van der Waals surface area contributed by atoms with Crippen molar-refractivity contribution in [2.24, 2.45) is 0 Å². The molecule has 0 radical (unpaired) electrons.